The Balaban J connectivity index is 1.18. The zero-order valence-corrected chi connectivity index (χ0v) is 29.6. The Bertz CT molecular complexity index is 1640. The van der Waals surface area contributed by atoms with Crippen LogP contribution in [-0.2, 0) is 40.5 Å². The third kappa shape index (κ3) is 10.3. The molecule has 0 saturated carbocycles. The quantitative estimate of drug-likeness (QED) is 0.197. The van der Waals surface area contributed by atoms with Gasteiger partial charge in [-0.15, -0.1) is 0 Å². The third-order valence-corrected chi connectivity index (χ3v) is 11.8. The molecule has 1 unspecified atom stereocenters. The van der Waals surface area contributed by atoms with Gasteiger partial charge in [0.15, 0.2) is 27.6 Å². The number of ether oxygens (including phenoxy) is 5. The number of rotatable bonds is 16. The summed E-state index contributed by atoms with van der Waals surface area (Å²) >= 11 is 0. The fraction of sp³-hybridized carbons (Fsp3) is 0.606. The first-order valence-electron chi connectivity index (χ1n) is 16.4. The molecule has 1 amide bonds. The molecule has 5 rings (SSSR count). The maximum Gasteiger partial charge on any atom is 0.407 e. The van der Waals surface area contributed by atoms with Crippen LogP contribution >= 0.6 is 0 Å². The molecule has 0 bridgehead atoms. The van der Waals surface area contributed by atoms with Gasteiger partial charge >= 0.3 is 6.09 Å². The number of sulfone groups is 1. The molecule has 0 spiro atoms. The van der Waals surface area contributed by atoms with Crippen LogP contribution in [0.25, 0.3) is 0 Å². The summed E-state index contributed by atoms with van der Waals surface area (Å²) in [7, 11) is -8.02. The van der Waals surface area contributed by atoms with Crippen LogP contribution < -0.4 is 24.8 Å². The van der Waals surface area contributed by atoms with Crippen LogP contribution in [0.5, 0.6) is 11.5 Å². The molecular weight excluding hydrogens is 679 g/mol. The Morgan fingerprint density at radius 2 is 1.76 bits per heavy atom. The van der Waals surface area contributed by atoms with Crippen LogP contribution in [0.2, 0.25) is 0 Å². The molecule has 3 aliphatic heterocycles. The third-order valence-electron chi connectivity index (χ3n) is 8.91. The summed E-state index contributed by atoms with van der Waals surface area (Å²) < 4.78 is 81.9. The minimum atomic E-state index is -4.14. The molecule has 0 aromatic heterocycles. The van der Waals surface area contributed by atoms with Crippen molar-refractivity contribution < 1.29 is 50.4 Å². The largest absolute Gasteiger partial charge is 0.486 e. The average Bonchev–Trinajstić information content (AvgIpc) is 3.67. The molecule has 0 radical (unpaired) electrons. The maximum atomic E-state index is 13.7. The molecular formula is C33H47N3O11S2. The summed E-state index contributed by atoms with van der Waals surface area (Å²) in [6, 6.07) is 13.0. The van der Waals surface area contributed by atoms with Crippen molar-refractivity contribution in [2.45, 2.75) is 74.3 Å². The van der Waals surface area contributed by atoms with Gasteiger partial charge in [-0.3, -0.25) is 0 Å². The number of aliphatic hydroxyl groups excluding tert-OH is 1. The van der Waals surface area contributed by atoms with Gasteiger partial charge in [-0.2, -0.15) is 4.72 Å². The predicted octanol–water partition coefficient (Wildman–Crippen LogP) is 1.96. The normalized spacial score (nSPS) is 22.6. The molecule has 14 nitrogen and oxygen atoms in total. The standard InChI is InChI=1S/C33H47N3O11S2/c1-33(2,13-11-30(36-48(3,39)40)49(41,42)23-9-10-27-28(18-23)44-16-15-43-27)21-34-19-26(37)25(17-22-7-5-4-6-8-22)35-32(38)47-29-20-46-31-24(29)12-14-45-31/h4-10,18,24-26,29-31,34,36-37H,11-17,19-21H2,1-3H3,(H,35,38)/t24-,25-,26-,29-,30?,31+/m0/s1. The maximum absolute atomic E-state index is 13.7. The van der Waals surface area contributed by atoms with E-state index in [1.165, 1.54) is 18.2 Å². The summed E-state index contributed by atoms with van der Waals surface area (Å²) in [4.78, 5) is 12.9. The van der Waals surface area contributed by atoms with Crippen LogP contribution in [0.4, 0.5) is 4.79 Å². The number of hydrogen-bond donors (Lipinski definition) is 4. The van der Waals surface area contributed by atoms with E-state index in [2.05, 4.69) is 15.4 Å². The highest BCUT2D eigenvalue weighted by Gasteiger charge is 2.44. The van der Waals surface area contributed by atoms with Crippen molar-refractivity contribution in [1.82, 2.24) is 15.4 Å². The van der Waals surface area contributed by atoms with E-state index in [0.29, 0.717) is 38.3 Å². The summed E-state index contributed by atoms with van der Waals surface area (Å²) in [5.41, 5.74) is 0.410. The monoisotopic (exact) mass is 725 g/mol. The molecule has 0 aliphatic carbocycles. The molecule has 272 valence electrons. The van der Waals surface area contributed by atoms with Gasteiger partial charge in [-0.05, 0) is 48.8 Å². The lowest BCUT2D eigenvalue weighted by Gasteiger charge is -2.30. The molecule has 3 heterocycles. The van der Waals surface area contributed by atoms with E-state index in [4.69, 9.17) is 23.7 Å². The van der Waals surface area contributed by atoms with Crippen molar-refractivity contribution in [2.75, 3.05) is 45.8 Å². The van der Waals surface area contributed by atoms with Crippen molar-refractivity contribution in [2.24, 2.45) is 11.3 Å². The average molecular weight is 726 g/mol. The van der Waals surface area contributed by atoms with E-state index in [0.717, 1.165) is 18.2 Å². The van der Waals surface area contributed by atoms with Crippen LogP contribution in [0.3, 0.4) is 0 Å². The zero-order chi connectivity index (χ0) is 35.2. The number of carbonyl (C=O) groups excluding carboxylic acids is 1. The minimum Gasteiger partial charge on any atom is -0.486 e. The predicted molar refractivity (Wildman–Crippen MR) is 179 cm³/mol. The Morgan fingerprint density at radius 1 is 1.02 bits per heavy atom. The topological polar surface area (TPSA) is 188 Å². The van der Waals surface area contributed by atoms with Crippen molar-refractivity contribution in [3.05, 3.63) is 54.1 Å². The molecule has 2 aromatic rings. The Kier molecular flexibility index (Phi) is 12.1. The summed E-state index contributed by atoms with van der Waals surface area (Å²) in [5.74, 6) is 0.688. The van der Waals surface area contributed by atoms with Crippen LogP contribution in [-0.4, -0.2) is 104 Å². The van der Waals surface area contributed by atoms with Crippen molar-refractivity contribution in [3.63, 3.8) is 0 Å². The molecule has 16 heteroatoms. The van der Waals surface area contributed by atoms with Gasteiger partial charge in [-0.25, -0.2) is 21.6 Å². The number of fused-ring (bicyclic) bond motifs is 2. The second kappa shape index (κ2) is 15.9. The van der Waals surface area contributed by atoms with Crippen molar-refractivity contribution in [3.8, 4) is 11.5 Å². The Hall–Kier alpha value is -2.99. The van der Waals surface area contributed by atoms with E-state index in [9.17, 15) is 26.7 Å². The van der Waals surface area contributed by atoms with Crippen LogP contribution in [0.1, 0.15) is 38.7 Å². The fourth-order valence-corrected chi connectivity index (χ4v) is 9.13. The van der Waals surface area contributed by atoms with Gasteiger partial charge in [0.25, 0.3) is 0 Å². The number of nitrogens with one attached hydrogen (secondary N) is 3. The van der Waals surface area contributed by atoms with Gasteiger partial charge in [0, 0.05) is 19.2 Å². The number of sulfonamides is 1. The number of alkyl carbamates (subject to hydrolysis) is 1. The second-order valence-electron chi connectivity index (χ2n) is 13.5. The van der Waals surface area contributed by atoms with E-state index < -0.39 is 55.0 Å². The molecule has 2 fully saturated rings. The van der Waals surface area contributed by atoms with Gasteiger partial charge < -0.3 is 39.4 Å². The number of amides is 1. The Labute approximate surface area is 288 Å². The number of benzene rings is 2. The summed E-state index contributed by atoms with van der Waals surface area (Å²) in [6.45, 7) is 5.75. The Morgan fingerprint density at radius 3 is 2.49 bits per heavy atom. The first-order chi connectivity index (χ1) is 23.2. The summed E-state index contributed by atoms with van der Waals surface area (Å²) in [5, 5.41) is 15.9. The van der Waals surface area contributed by atoms with E-state index in [1.54, 1.807) is 0 Å². The van der Waals surface area contributed by atoms with Crippen molar-refractivity contribution >= 4 is 26.0 Å². The number of hydrogen-bond acceptors (Lipinski definition) is 12. The minimum absolute atomic E-state index is 0.0110. The highest BCUT2D eigenvalue weighted by molar-refractivity contribution is 7.94. The SMILES string of the molecule is CC(C)(CCC(NS(C)(=O)=O)S(=O)(=O)c1ccc2c(c1)OCCO2)CNC[C@H](O)[C@H](Cc1ccccc1)NC(=O)O[C@H]1CO[C@H]2OCC[C@H]21. The van der Waals surface area contributed by atoms with Gasteiger partial charge in [-0.1, -0.05) is 44.2 Å². The van der Waals surface area contributed by atoms with Crippen LogP contribution in [0.15, 0.2) is 53.4 Å². The second-order valence-corrected chi connectivity index (χ2v) is 17.5. The molecule has 4 N–H and O–H groups in total. The molecule has 49 heavy (non-hydrogen) atoms. The number of aliphatic hydroxyl groups is 1. The van der Waals surface area contributed by atoms with Gasteiger partial charge in [0.05, 0.1) is 42.4 Å². The first kappa shape index (κ1) is 37.3. The van der Waals surface area contributed by atoms with E-state index >= 15 is 0 Å². The zero-order valence-electron chi connectivity index (χ0n) is 28.0. The molecule has 3 aliphatic rings. The molecule has 2 aromatic carbocycles. The highest BCUT2D eigenvalue weighted by Crippen LogP contribution is 2.35. The highest BCUT2D eigenvalue weighted by atomic mass is 32.2. The smallest absolute Gasteiger partial charge is 0.407 e. The fourth-order valence-electron chi connectivity index (χ4n) is 6.21. The lowest BCUT2D eigenvalue weighted by atomic mass is 9.87. The van der Waals surface area contributed by atoms with Crippen molar-refractivity contribution in [1.29, 1.82) is 0 Å². The first-order valence-corrected chi connectivity index (χ1v) is 19.9. The lowest BCUT2D eigenvalue weighted by molar-refractivity contribution is -0.0907. The summed E-state index contributed by atoms with van der Waals surface area (Å²) in [6.07, 6.45) is -0.106. The van der Waals surface area contributed by atoms with E-state index in [-0.39, 0.29) is 49.0 Å². The van der Waals surface area contributed by atoms with Gasteiger partial charge in [0.2, 0.25) is 10.0 Å². The van der Waals surface area contributed by atoms with Gasteiger partial charge in [0.1, 0.15) is 24.7 Å². The molecule has 6 atom stereocenters. The lowest BCUT2D eigenvalue weighted by Crippen LogP contribution is -2.50. The molecule has 2 saturated heterocycles. The van der Waals surface area contributed by atoms with Crippen LogP contribution in [0, 0.1) is 11.3 Å². The van der Waals surface area contributed by atoms with E-state index in [1.807, 2.05) is 44.2 Å². The number of carbonyl (C=O) groups is 1.